The minimum absolute atomic E-state index is 0.0296. The van der Waals surface area contributed by atoms with Gasteiger partial charge in [0.25, 0.3) is 11.8 Å². The Kier molecular flexibility index (Phi) is 4.69. The van der Waals surface area contributed by atoms with Crippen molar-refractivity contribution in [3.05, 3.63) is 59.6 Å². The van der Waals surface area contributed by atoms with Crippen LogP contribution < -0.4 is 10.1 Å². The summed E-state index contributed by atoms with van der Waals surface area (Å²) in [5.41, 5.74) is 0.201. The fourth-order valence-corrected chi connectivity index (χ4v) is 4.89. The number of urea groups is 1. The second-order valence-electron chi connectivity index (χ2n) is 8.14. The van der Waals surface area contributed by atoms with Gasteiger partial charge in [-0.1, -0.05) is 24.6 Å². The molecule has 2 aromatic rings. The van der Waals surface area contributed by atoms with E-state index in [9.17, 15) is 19.2 Å². The summed E-state index contributed by atoms with van der Waals surface area (Å²) in [6, 6.07) is 8.73. The lowest BCUT2D eigenvalue weighted by atomic mass is 9.93. The van der Waals surface area contributed by atoms with E-state index in [-0.39, 0.29) is 29.0 Å². The van der Waals surface area contributed by atoms with Crippen LogP contribution >= 0.6 is 0 Å². The Bertz CT molecular complexity index is 1100. The van der Waals surface area contributed by atoms with E-state index < -0.39 is 23.8 Å². The summed E-state index contributed by atoms with van der Waals surface area (Å²) >= 11 is 0. The van der Waals surface area contributed by atoms with Crippen molar-refractivity contribution < 1.29 is 28.3 Å². The lowest BCUT2D eigenvalue weighted by molar-refractivity contribution is -0.132. The fourth-order valence-electron chi connectivity index (χ4n) is 4.89. The number of ether oxygens (including phenoxy) is 1. The highest BCUT2D eigenvalue weighted by molar-refractivity contribution is 6.31. The van der Waals surface area contributed by atoms with Crippen LogP contribution in [0.25, 0.3) is 6.08 Å². The Balaban J connectivity index is 1.44. The molecule has 1 aromatic carbocycles. The number of carbonyl (C=O) groups is 4. The van der Waals surface area contributed by atoms with Crippen LogP contribution in [0.15, 0.2) is 52.7 Å². The van der Waals surface area contributed by atoms with E-state index in [4.69, 9.17) is 9.15 Å². The van der Waals surface area contributed by atoms with Crippen LogP contribution in [0.5, 0.6) is 5.75 Å². The summed E-state index contributed by atoms with van der Waals surface area (Å²) in [6.45, 7) is 0. The molecular formula is C23H20N2O6. The number of imide groups is 2. The summed E-state index contributed by atoms with van der Waals surface area (Å²) in [4.78, 5) is 51.6. The Hall–Kier alpha value is -3.68. The molecule has 1 aromatic heterocycles. The topological polar surface area (TPSA) is 106 Å². The van der Waals surface area contributed by atoms with Crippen molar-refractivity contribution >= 4 is 29.9 Å². The maximum atomic E-state index is 13.2. The molecule has 3 fully saturated rings. The van der Waals surface area contributed by atoms with Crippen LogP contribution in [0, 0.1) is 11.8 Å². The molecule has 0 radical (unpaired) electrons. The Morgan fingerprint density at radius 1 is 1.10 bits per heavy atom. The van der Waals surface area contributed by atoms with Crippen LogP contribution in [0.2, 0.25) is 0 Å². The molecule has 2 bridgehead atoms. The molecule has 1 N–H and O–H groups in total. The van der Waals surface area contributed by atoms with Gasteiger partial charge in [-0.2, -0.15) is 0 Å². The van der Waals surface area contributed by atoms with Crippen molar-refractivity contribution in [2.24, 2.45) is 11.8 Å². The number of carbonyl (C=O) groups excluding carboxylic acids is 4. The van der Waals surface area contributed by atoms with Gasteiger partial charge >= 0.3 is 12.0 Å². The fraction of sp³-hybridized carbons (Fsp3) is 0.304. The van der Waals surface area contributed by atoms with Crippen molar-refractivity contribution in [2.45, 2.75) is 31.7 Å². The second kappa shape index (κ2) is 7.54. The number of barbiturate groups is 1. The van der Waals surface area contributed by atoms with E-state index in [2.05, 4.69) is 5.32 Å². The van der Waals surface area contributed by atoms with E-state index in [0.717, 1.165) is 25.7 Å². The zero-order valence-electron chi connectivity index (χ0n) is 16.6. The largest absolute Gasteiger partial charge is 0.457 e. The maximum Gasteiger partial charge on any atom is 0.379 e. The molecule has 0 spiro atoms. The van der Waals surface area contributed by atoms with Gasteiger partial charge in [0.2, 0.25) is 5.76 Å². The molecular weight excluding hydrogens is 400 g/mol. The third-order valence-electron chi connectivity index (χ3n) is 6.31. The first-order valence-corrected chi connectivity index (χ1v) is 10.3. The van der Waals surface area contributed by atoms with E-state index >= 15 is 0 Å². The minimum atomic E-state index is -0.762. The van der Waals surface area contributed by atoms with Crippen molar-refractivity contribution in [2.75, 3.05) is 0 Å². The van der Waals surface area contributed by atoms with Gasteiger partial charge in [0, 0.05) is 11.6 Å². The highest BCUT2D eigenvalue weighted by Gasteiger charge is 2.49. The molecule has 2 aliphatic carbocycles. The van der Waals surface area contributed by atoms with E-state index in [1.54, 1.807) is 30.3 Å². The first-order chi connectivity index (χ1) is 15.0. The number of benzene rings is 1. The Labute approximate surface area is 177 Å². The molecule has 4 amide bonds. The van der Waals surface area contributed by atoms with Crippen molar-refractivity contribution in [3.63, 3.8) is 0 Å². The van der Waals surface area contributed by atoms with Gasteiger partial charge in [-0.05, 0) is 55.4 Å². The quantitative estimate of drug-likeness (QED) is 0.353. The van der Waals surface area contributed by atoms with Crippen LogP contribution in [-0.4, -0.2) is 34.8 Å². The van der Waals surface area contributed by atoms with Gasteiger partial charge in [0.05, 0.1) is 6.26 Å². The number of hydrogen-bond acceptors (Lipinski definition) is 6. The van der Waals surface area contributed by atoms with Crippen LogP contribution in [0.3, 0.4) is 0 Å². The van der Waals surface area contributed by atoms with E-state index in [1.807, 2.05) is 0 Å². The zero-order valence-corrected chi connectivity index (χ0v) is 16.6. The Morgan fingerprint density at radius 3 is 2.65 bits per heavy atom. The molecule has 3 aliphatic rings. The number of fused-ring (bicyclic) bond motifs is 2. The van der Waals surface area contributed by atoms with Gasteiger partial charge in [0.1, 0.15) is 11.3 Å². The third kappa shape index (κ3) is 3.43. The molecule has 8 nitrogen and oxygen atoms in total. The second-order valence-corrected chi connectivity index (χ2v) is 8.14. The SMILES string of the molecule is O=C1NC(=O)N([C@H]2C[C@H]3CC[C@H]2C3)C(=O)/C1=C\c1ccccc1OC(=O)c1ccco1. The lowest BCUT2D eigenvalue weighted by Gasteiger charge is -2.35. The lowest BCUT2D eigenvalue weighted by Crippen LogP contribution is -2.58. The predicted molar refractivity (Wildman–Crippen MR) is 108 cm³/mol. The Morgan fingerprint density at radius 2 is 1.94 bits per heavy atom. The van der Waals surface area contributed by atoms with E-state index in [0.29, 0.717) is 11.5 Å². The summed E-state index contributed by atoms with van der Waals surface area (Å²) < 4.78 is 10.4. The van der Waals surface area contributed by atoms with Gasteiger partial charge < -0.3 is 9.15 Å². The molecule has 5 rings (SSSR count). The minimum Gasteiger partial charge on any atom is -0.457 e. The number of rotatable bonds is 4. The van der Waals surface area contributed by atoms with Crippen LogP contribution in [0.1, 0.15) is 41.8 Å². The summed E-state index contributed by atoms with van der Waals surface area (Å²) in [7, 11) is 0. The van der Waals surface area contributed by atoms with Gasteiger partial charge in [-0.25, -0.2) is 9.59 Å². The van der Waals surface area contributed by atoms with Crippen LogP contribution in [0.4, 0.5) is 4.79 Å². The van der Waals surface area contributed by atoms with Crippen molar-refractivity contribution in [1.82, 2.24) is 10.2 Å². The molecule has 158 valence electrons. The van der Waals surface area contributed by atoms with Crippen LogP contribution in [-0.2, 0) is 9.59 Å². The van der Waals surface area contributed by atoms with Gasteiger partial charge in [-0.3, -0.25) is 19.8 Å². The smallest absolute Gasteiger partial charge is 0.379 e. The number of nitrogens with zero attached hydrogens (tertiary/aromatic N) is 1. The molecule has 2 heterocycles. The first kappa shape index (κ1) is 19.3. The summed E-state index contributed by atoms with van der Waals surface area (Å²) in [6.07, 6.45) is 6.63. The van der Waals surface area contributed by atoms with Crippen molar-refractivity contribution in [3.8, 4) is 5.75 Å². The van der Waals surface area contributed by atoms with E-state index in [1.165, 1.54) is 23.3 Å². The number of esters is 1. The molecule has 3 atom stereocenters. The maximum absolute atomic E-state index is 13.2. The molecule has 0 unspecified atom stereocenters. The highest BCUT2D eigenvalue weighted by Crippen LogP contribution is 2.47. The molecule has 31 heavy (non-hydrogen) atoms. The normalized spacial score (nSPS) is 26.5. The highest BCUT2D eigenvalue weighted by atomic mass is 16.5. The number of para-hydroxylation sites is 1. The zero-order chi connectivity index (χ0) is 21.5. The summed E-state index contributed by atoms with van der Waals surface area (Å²) in [5, 5.41) is 2.29. The number of hydrogen-bond donors (Lipinski definition) is 1. The average Bonchev–Trinajstić information content (AvgIpc) is 3.50. The molecule has 1 aliphatic heterocycles. The number of furan rings is 1. The number of nitrogens with one attached hydrogen (secondary N) is 1. The molecule has 1 saturated heterocycles. The van der Waals surface area contributed by atoms with Gasteiger partial charge in [-0.15, -0.1) is 0 Å². The van der Waals surface area contributed by atoms with Gasteiger partial charge in [0.15, 0.2) is 0 Å². The number of amides is 4. The summed E-state index contributed by atoms with van der Waals surface area (Å²) in [5.74, 6) is -1.06. The molecule has 2 saturated carbocycles. The first-order valence-electron chi connectivity index (χ1n) is 10.3. The average molecular weight is 420 g/mol. The standard InChI is InChI=1S/C23H20N2O6/c26-20-16(21(27)25(23(29)24-20)17-11-13-7-8-14(17)10-13)12-15-4-1-2-5-18(15)31-22(28)19-6-3-9-30-19/h1-6,9,12-14,17H,7-8,10-11H2,(H,24,26,29)/b16-12-/t13-,14-,17-/m0/s1. The van der Waals surface area contributed by atoms with Crippen molar-refractivity contribution in [1.29, 1.82) is 0 Å². The monoisotopic (exact) mass is 420 g/mol. The predicted octanol–water partition coefficient (Wildman–Crippen LogP) is 3.15. The third-order valence-corrected chi connectivity index (χ3v) is 6.31. The molecule has 8 heteroatoms.